The zero-order valence-electron chi connectivity index (χ0n) is 14.0. The molecule has 1 unspecified atom stereocenters. The lowest BCUT2D eigenvalue weighted by molar-refractivity contribution is -0.143. The molecule has 8 heteroatoms. The van der Waals surface area contributed by atoms with Crippen LogP contribution < -0.4 is 10.9 Å². The van der Waals surface area contributed by atoms with E-state index in [1.807, 2.05) is 37.3 Å². The van der Waals surface area contributed by atoms with Gasteiger partial charge in [0.05, 0.1) is 24.9 Å². The van der Waals surface area contributed by atoms with Crippen LogP contribution in [-0.4, -0.2) is 38.4 Å². The van der Waals surface area contributed by atoms with Crippen LogP contribution in [0.5, 0.6) is 0 Å². The number of nitrogens with zero attached hydrogens (tertiary/aromatic N) is 3. The molecule has 0 amide bonds. The van der Waals surface area contributed by atoms with Crippen molar-refractivity contribution in [2.45, 2.75) is 26.3 Å². The zero-order valence-corrected chi connectivity index (χ0v) is 14.0. The molecule has 0 radical (unpaired) electrons. The Bertz CT molecular complexity index is 932. The smallest absolute Gasteiger partial charge is 0.307 e. The molecule has 0 saturated carbocycles. The number of carbonyl (C=O) groups excluding carboxylic acids is 1. The molecular weight excluding hydrogens is 322 g/mol. The quantitative estimate of drug-likeness (QED) is 0.664. The fourth-order valence-corrected chi connectivity index (χ4v) is 2.50. The number of esters is 1. The van der Waals surface area contributed by atoms with Gasteiger partial charge in [-0.3, -0.25) is 14.6 Å². The summed E-state index contributed by atoms with van der Waals surface area (Å²) in [7, 11) is 0. The average molecular weight is 341 g/mol. The number of carbonyl (C=O) groups is 1. The molecule has 8 nitrogen and oxygen atoms in total. The minimum atomic E-state index is -0.305. The van der Waals surface area contributed by atoms with Crippen LogP contribution in [-0.2, 0) is 9.53 Å². The van der Waals surface area contributed by atoms with Crippen molar-refractivity contribution in [3.8, 4) is 5.69 Å². The third-order valence-corrected chi connectivity index (χ3v) is 3.60. The lowest BCUT2D eigenvalue weighted by Gasteiger charge is -2.13. The monoisotopic (exact) mass is 341 g/mol. The topological polar surface area (TPSA) is 102 Å². The Morgan fingerprint density at radius 1 is 1.36 bits per heavy atom. The van der Waals surface area contributed by atoms with Gasteiger partial charge in [0, 0.05) is 6.04 Å². The van der Waals surface area contributed by atoms with Crippen molar-refractivity contribution < 1.29 is 9.53 Å². The van der Waals surface area contributed by atoms with Crippen molar-refractivity contribution >= 4 is 23.0 Å². The third kappa shape index (κ3) is 3.68. The van der Waals surface area contributed by atoms with Crippen LogP contribution in [0.1, 0.15) is 20.3 Å². The van der Waals surface area contributed by atoms with Gasteiger partial charge in [0.1, 0.15) is 5.39 Å². The molecule has 0 spiro atoms. The van der Waals surface area contributed by atoms with Gasteiger partial charge in [-0.2, -0.15) is 10.1 Å². The first-order valence-electron chi connectivity index (χ1n) is 8.04. The van der Waals surface area contributed by atoms with Gasteiger partial charge in [-0.25, -0.2) is 4.68 Å². The van der Waals surface area contributed by atoms with E-state index >= 15 is 0 Å². The number of rotatable bonds is 6. The number of ether oxygens (including phenoxy) is 1. The normalized spacial score (nSPS) is 12.1. The summed E-state index contributed by atoms with van der Waals surface area (Å²) in [5.74, 6) is -0.0211. The maximum absolute atomic E-state index is 12.3. The number of para-hydroxylation sites is 1. The second kappa shape index (κ2) is 7.16. The molecule has 0 aliphatic carbocycles. The maximum atomic E-state index is 12.3. The summed E-state index contributed by atoms with van der Waals surface area (Å²) in [4.78, 5) is 30.9. The van der Waals surface area contributed by atoms with Crippen LogP contribution in [0.25, 0.3) is 16.7 Å². The van der Waals surface area contributed by atoms with Gasteiger partial charge < -0.3 is 10.1 Å². The van der Waals surface area contributed by atoms with Gasteiger partial charge in [0.25, 0.3) is 5.56 Å². The Morgan fingerprint density at radius 2 is 2.12 bits per heavy atom. The summed E-state index contributed by atoms with van der Waals surface area (Å²) in [6.07, 6.45) is 1.66. The summed E-state index contributed by atoms with van der Waals surface area (Å²) in [6.45, 7) is 3.91. The van der Waals surface area contributed by atoms with Crippen LogP contribution in [0.3, 0.4) is 0 Å². The van der Waals surface area contributed by atoms with Crippen LogP contribution in [0.4, 0.5) is 5.95 Å². The van der Waals surface area contributed by atoms with E-state index < -0.39 is 0 Å². The number of hydrogen-bond donors (Lipinski definition) is 2. The Morgan fingerprint density at radius 3 is 2.84 bits per heavy atom. The minimum absolute atomic E-state index is 0.174. The van der Waals surface area contributed by atoms with Crippen molar-refractivity contribution in [1.29, 1.82) is 0 Å². The number of benzene rings is 1. The lowest BCUT2D eigenvalue weighted by atomic mass is 10.2. The zero-order chi connectivity index (χ0) is 17.8. The molecule has 0 aliphatic rings. The Balaban J connectivity index is 1.90. The molecule has 0 aliphatic heterocycles. The molecule has 2 N–H and O–H groups in total. The van der Waals surface area contributed by atoms with E-state index in [1.165, 1.54) is 6.20 Å². The average Bonchev–Trinajstić information content (AvgIpc) is 3.00. The molecule has 1 atom stereocenters. The molecule has 3 aromatic rings. The van der Waals surface area contributed by atoms with Crippen molar-refractivity contribution in [3.63, 3.8) is 0 Å². The minimum Gasteiger partial charge on any atom is -0.466 e. The second-order valence-electron chi connectivity index (χ2n) is 5.60. The third-order valence-electron chi connectivity index (χ3n) is 3.60. The van der Waals surface area contributed by atoms with Crippen LogP contribution >= 0.6 is 0 Å². The van der Waals surface area contributed by atoms with E-state index in [1.54, 1.807) is 11.6 Å². The summed E-state index contributed by atoms with van der Waals surface area (Å²) >= 11 is 0. The van der Waals surface area contributed by atoms with Crippen molar-refractivity contribution in [1.82, 2.24) is 19.7 Å². The van der Waals surface area contributed by atoms with Gasteiger partial charge in [0.15, 0.2) is 5.65 Å². The van der Waals surface area contributed by atoms with E-state index in [9.17, 15) is 9.59 Å². The van der Waals surface area contributed by atoms with Gasteiger partial charge in [-0.05, 0) is 26.0 Å². The highest BCUT2D eigenvalue weighted by Crippen LogP contribution is 2.15. The molecule has 130 valence electrons. The number of hydrogen-bond acceptors (Lipinski definition) is 6. The van der Waals surface area contributed by atoms with Crippen molar-refractivity contribution in [2.24, 2.45) is 0 Å². The number of aromatic amines is 1. The number of nitrogens with one attached hydrogen (secondary N) is 2. The molecule has 3 rings (SSSR count). The molecule has 0 saturated heterocycles. The highest BCUT2D eigenvalue weighted by atomic mass is 16.5. The number of fused-ring (bicyclic) bond motifs is 1. The highest BCUT2D eigenvalue weighted by molar-refractivity contribution is 5.76. The van der Waals surface area contributed by atoms with Gasteiger partial charge in [-0.15, -0.1) is 0 Å². The molecule has 0 bridgehead atoms. The second-order valence-corrected chi connectivity index (χ2v) is 5.60. The summed E-state index contributed by atoms with van der Waals surface area (Å²) in [5, 5.41) is 7.67. The van der Waals surface area contributed by atoms with Crippen LogP contribution in [0.2, 0.25) is 0 Å². The summed E-state index contributed by atoms with van der Waals surface area (Å²) < 4.78 is 6.53. The highest BCUT2D eigenvalue weighted by Gasteiger charge is 2.14. The Labute approximate surface area is 143 Å². The SMILES string of the molecule is CCOC(=O)CC(C)Nc1nc2c(cnn2-c2ccccc2)c(=O)[nH]1. The Kier molecular flexibility index (Phi) is 4.78. The maximum Gasteiger partial charge on any atom is 0.307 e. The molecule has 25 heavy (non-hydrogen) atoms. The van der Waals surface area contributed by atoms with E-state index in [4.69, 9.17) is 4.74 Å². The van der Waals surface area contributed by atoms with Gasteiger partial charge in [0.2, 0.25) is 5.95 Å². The number of aromatic nitrogens is 4. The predicted octanol–water partition coefficient (Wildman–Crippen LogP) is 1.86. The van der Waals surface area contributed by atoms with Gasteiger partial charge in [-0.1, -0.05) is 18.2 Å². The standard InChI is InChI=1S/C17H19N5O3/c1-3-25-14(23)9-11(2)19-17-20-15-13(16(24)21-17)10-18-22(15)12-7-5-4-6-8-12/h4-8,10-11H,3,9H2,1-2H3,(H2,19,20,21,24). The lowest BCUT2D eigenvalue weighted by Crippen LogP contribution is -2.24. The van der Waals surface area contributed by atoms with Gasteiger partial charge >= 0.3 is 5.97 Å². The first kappa shape index (κ1) is 16.7. The van der Waals surface area contributed by atoms with E-state index in [0.717, 1.165) is 5.69 Å². The summed E-state index contributed by atoms with van der Waals surface area (Å²) in [6, 6.07) is 9.19. The molecule has 0 fully saturated rings. The molecule has 2 heterocycles. The first-order valence-corrected chi connectivity index (χ1v) is 8.04. The fraction of sp³-hybridized carbons (Fsp3) is 0.294. The van der Waals surface area contributed by atoms with E-state index in [2.05, 4.69) is 20.4 Å². The Hall–Kier alpha value is -3.16. The van der Waals surface area contributed by atoms with Crippen molar-refractivity contribution in [3.05, 3.63) is 46.9 Å². The number of H-pyrrole nitrogens is 1. The largest absolute Gasteiger partial charge is 0.466 e. The van der Waals surface area contributed by atoms with E-state index in [0.29, 0.717) is 17.6 Å². The number of anilines is 1. The van der Waals surface area contributed by atoms with E-state index in [-0.39, 0.29) is 29.9 Å². The molecule has 1 aromatic carbocycles. The van der Waals surface area contributed by atoms with Crippen LogP contribution in [0, 0.1) is 0 Å². The predicted molar refractivity (Wildman–Crippen MR) is 93.8 cm³/mol. The molecule has 2 aromatic heterocycles. The first-order chi connectivity index (χ1) is 12.1. The fourth-order valence-electron chi connectivity index (χ4n) is 2.50. The van der Waals surface area contributed by atoms with Crippen molar-refractivity contribution in [2.75, 3.05) is 11.9 Å². The van der Waals surface area contributed by atoms with Crippen LogP contribution in [0.15, 0.2) is 41.3 Å². The summed E-state index contributed by atoms with van der Waals surface area (Å²) in [5.41, 5.74) is 0.958. The molecular formula is C17H19N5O3.